The van der Waals surface area contributed by atoms with E-state index in [4.69, 9.17) is 5.26 Å². The average molecular weight is 277 g/mol. The summed E-state index contributed by atoms with van der Waals surface area (Å²) in [6.07, 6.45) is 3.87. The van der Waals surface area contributed by atoms with Gasteiger partial charge in [-0.25, -0.2) is 4.98 Å². The van der Waals surface area contributed by atoms with Gasteiger partial charge in [0.1, 0.15) is 11.9 Å². The lowest BCUT2D eigenvalue weighted by atomic mass is 10.2. The lowest BCUT2D eigenvalue weighted by molar-refractivity contribution is 0.776. The molecule has 2 heterocycles. The zero-order valence-corrected chi connectivity index (χ0v) is 11.8. The molecule has 0 radical (unpaired) electrons. The van der Waals surface area contributed by atoms with Gasteiger partial charge in [0.25, 0.3) is 0 Å². The molecule has 104 valence electrons. The smallest absolute Gasteiger partial charge is 0.147 e. The summed E-state index contributed by atoms with van der Waals surface area (Å²) in [7, 11) is 0. The Morgan fingerprint density at radius 1 is 1.24 bits per heavy atom. The van der Waals surface area contributed by atoms with E-state index in [1.165, 1.54) is 0 Å². The number of anilines is 1. The van der Waals surface area contributed by atoms with Gasteiger partial charge in [-0.3, -0.25) is 4.98 Å². The summed E-state index contributed by atoms with van der Waals surface area (Å²) >= 11 is 0. The Kier molecular flexibility index (Phi) is 4.84. The SMILES string of the molecule is Cc1ccc(C#N)c(N(CCC#N)Cc2cccnc2)n1. The summed E-state index contributed by atoms with van der Waals surface area (Å²) in [6.45, 7) is 2.98. The van der Waals surface area contributed by atoms with Crippen molar-refractivity contribution >= 4 is 5.82 Å². The quantitative estimate of drug-likeness (QED) is 0.839. The first kappa shape index (κ1) is 14.5. The molecule has 0 atom stereocenters. The van der Waals surface area contributed by atoms with Gasteiger partial charge in [0.2, 0.25) is 0 Å². The fourth-order valence-electron chi connectivity index (χ4n) is 2.03. The summed E-state index contributed by atoms with van der Waals surface area (Å²) in [5, 5.41) is 18.1. The fraction of sp³-hybridized carbons (Fsp3) is 0.250. The van der Waals surface area contributed by atoms with Crippen molar-refractivity contribution in [2.24, 2.45) is 0 Å². The maximum absolute atomic E-state index is 9.26. The van der Waals surface area contributed by atoms with E-state index >= 15 is 0 Å². The third kappa shape index (κ3) is 3.77. The minimum atomic E-state index is 0.376. The normalized spacial score (nSPS) is 9.67. The van der Waals surface area contributed by atoms with Gasteiger partial charge in [-0.15, -0.1) is 0 Å². The first-order valence-electron chi connectivity index (χ1n) is 6.63. The fourth-order valence-corrected chi connectivity index (χ4v) is 2.03. The van der Waals surface area contributed by atoms with Crippen LogP contribution in [-0.2, 0) is 6.54 Å². The third-order valence-corrected chi connectivity index (χ3v) is 3.02. The number of rotatable bonds is 5. The molecule has 0 fully saturated rings. The minimum Gasteiger partial charge on any atom is -0.350 e. The number of nitriles is 2. The van der Waals surface area contributed by atoms with Crippen LogP contribution >= 0.6 is 0 Å². The highest BCUT2D eigenvalue weighted by Crippen LogP contribution is 2.20. The maximum Gasteiger partial charge on any atom is 0.147 e. The molecule has 0 aromatic carbocycles. The molecule has 0 aliphatic heterocycles. The molecule has 21 heavy (non-hydrogen) atoms. The standard InChI is InChI=1S/C16H15N5/c1-13-5-6-15(10-18)16(20-13)21(9-3-7-17)12-14-4-2-8-19-11-14/h2,4-6,8,11H,3,9,12H2,1H3. The third-order valence-electron chi connectivity index (χ3n) is 3.02. The van der Waals surface area contributed by atoms with E-state index in [-0.39, 0.29) is 0 Å². The van der Waals surface area contributed by atoms with Crippen molar-refractivity contribution in [3.8, 4) is 12.1 Å². The topological polar surface area (TPSA) is 76.6 Å². The number of pyridine rings is 2. The summed E-state index contributed by atoms with van der Waals surface area (Å²) in [5.74, 6) is 0.622. The van der Waals surface area contributed by atoms with Crippen LogP contribution in [0, 0.1) is 29.6 Å². The highest BCUT2D eigenvalue weighted by atomic mass is 15.2. The van der Waals surface area contributed by atoms with Crippen LogP contribution in [0.2, 0.25) is 0 Å². The van der Waals surface area contributed by atoms with Gasteiger partial charge < -0.3 is 4.90 Å². The second-order valence-electron chi connectivity index (χ2n) is 4.63. The lowest BCUT2D eigenvalue weighted by Crippen LogP contribution is -2.26. The number of hydrogen-bond donors (Lipinski definition) is 0. The Morgan fingerprint density at radius 2 is 2.10 bits per heavy atom. The van der Waals surface area contributed by atoms with Crippen molar-refractivity contribution in [2.75, 3.05) is 11.4 Å². The van der Waals surface area contributed by atoms with E-state index in [0.29, 0.717) is 30.9 Å². The lowest BCUT2D eigenvalue weighted by Gasteiger charge is -2.24. The molecular weight excluding hydrogens is 262 g/mol. The highest BCUT2D eigenvalue weighted by molar-refractivity contribution is 5.54. The molecule has 0 spiro atoms. The van der Waals surface area contributed by atoms with Gasteiger partial charge in [0, 0.05) is 31.2 Å². The summed E-state index contributed by atoms with van der Waals surface area (Å²) < 4.78 is 0. The molecule has 0 saturated heterocycles. The molecule has 2 aromatic rings. The van der Waals surface area contributed by atoms with Crippen LogP contribution in [-0.4, -0.2) is 16.5 Å². The Morgan fingerprint density at radius 3 is 2.76 bits per heavy atom. The molecule has 5 heteroatoms. The number of nitrogens with zero attached hydrogens (tertiary/aromatic N) is 5. The summed E-state index contributed by atoms with van der Waals surface area (Å²) in [4.78, 5) is 10.5. The molecule has 2 aromatic heterocycles. The molecule has 0 aliphatic carbocycles. The zero-order chi connectivity index (χ0) is 15.1. The predicted octanol–water partition coefficient (Wildman–Crippen LogP) is 2.58. The van der Waals surface area contributed by atoms with Gasteiger partial charge in [-0.2, -0.15) is 10.5 Å². The van der Waals surface area contributed by atoms with Crippen LogP contribution in [0.15, 0.2) is 36.7 Å². The largest absolute Gasteiger partial charge is 0.350 e. The van der Waals surface area contributed by atoms with Crippen LogP contribution in [0.5, 0.6) is 0 Å². The second-order valence-corrected chi connectivity index (χ2v) is 4.63. The van der Waals surface area contributed by atoms with Crippen LogP contribution < -0.4 is 4.90 Å². The van der Waals surface area contributed by atoms with Crippen LogP contribution in [0.4, 0.5) is 5.82 Å². The van der Waals surface area contributed by atoms with Crippen molar-refractivity contribution in [1.82, 2.24) is 9.97 Å². The highest BCUT2D eigenvalue weighted by Gasteiger charge is 2.14. The number of aryl methyl sites for hydroxylation is 1. The van der Waals surface area contributed by atoms with Crippen molar-refractivity contribution in [3.05, 3.63) is 53.5 Å². The van der Waals surface area contributed by atoms with E-state index < -0.39 is 0 Å². The molecule has 0 aliphatic rings. The van der Waals surface area contributed by atoms with Gasteiger partial charge >= 0.3 is 0 Å². The van der Waals surface area contributed by atoms with E-state index in [0.717, 1.165) is 11.3 Å². The Hall–Kier alpha value is -2.92. The van der Waals surface area contributed by atoms with E-state index in [1.54, 1.807) is 18.5 Å². The Balaban J connectivity index is 2.34. The van der Waals surface area contributed by atoms with Gasteiger partial charge in [0.15, 0.2) is 0 Å². The zero-order valence-electron chi connectivity index (χ0n) is 11.8. The number of aromatic nitrogens is 2. The first-order valence-corrected chi connectivity index (χ1v) is 6.63. The molecule has 0 N–H and O–H groups in total. The van der Waals surface area contributed by atoms with Gasteiger partial charge in [-0.1, -0.05) is 6.07 Å². The number of hydrogen-bond acceptors (Lipinski definition) is 5. The maximum atomic E-state index is 9.26. The van der Waals surface area contributed by atoms with Crippen LogP contribution in [0.3, 0.4) is 0 Å². The molecule has 0 bridgehead atoms. The Labute approximate surface area is 124 Å². The van der Waals surface area contributed by atoms with Crippen LogP contribution in [0.1, 0.15) is 23.2 Å². The van der Waals surface area contributed by atoms with E-state index in [9.17, 15) is 5.26 Å². The molecule has 0 saturated carbocycles. The Bertz CT molecular complexity index is 682. The first-order chi connectivity index (χ1) is 10.2. The van der Waals surface area contributed by atoms with Gasteiger partial charge in [-0.05, 0) is 30.7 Å². The summed E-state index contributed by atoms with van der Waals surface area (Å²) in [5.41, 5.74) is 2.38. The average Bonchev–Trinajstić information content (AvgIpc) is 2.52. The van der Waals surface area contributed by atoms with E-state index in [1.807, 2.05) is 30.0 Å². The van der Waals surface area contributed by atoms with Crippen molar-refractivity contribution < 1.29 is 0 Å². The summed E-state index contributed by atoms with van der Waals surface area (Å²) in [6, 6.07) is 11.7. The molecule has 0 unspecified atom stereocenters. The predicted molar refractivity (Wildman–Crippen MR) is 79.2 cm³/mol. The minimum absolute atomic E-state index is 0.376. The van der Waals surface area contributed by atoms with Crippen LogP contribution in [0.25, 0.3) is 0 Å². The van der Waals surface area contributed by atoms with Gasteiger partial charge in [0.05, 0.1) is 18.1 Å². The van der Waals surface area contributed by atoms with Crippen molar-refractivity contribution in [1.29, 1.82) is 10.5 Å². The molecule has 5 nitrogen and oxygen atoms in total. The van der Waals surface area contributed by atoms with Crippen molar-refractivity contribution in [2.45, 2.75) is 19.9 Å². The molecular formula is C16H15N5. The second kappa shape index (κ2) is 7.02. The van der Waals surface area contributed by atoms with E-state index in [2.05, 4.69) is 22.1 Å². The molecule has 0 amide bonds. The molecule has 2 rings (SSSR count). The van der Waals surface area contributed by atoms with Crippen molar-refractivity contribution in [3.63, 3.8) is 0 Å². The monoisotopic (exact) mass is 277 g/mol.